The molecule has 21 heavy (non-hydrogen) atoms. The quantitative estimate of drug-likeness (QED) is 0.737. The summed E-state index contributed by atoms with van der Waals surface area (Å²) in [6, 6.07) is 7.34. The van der Waals surface area contributed by atoms with Gasteiger partial charge in [-0.05, 0) is 25.3 Å². The van der Waals surface area contributed by atoms with E-state index in [4.69, 9.17) is 0 Å². The number of hydrogen-bond donors (Lipinski definition) is 1. The molecule has 1 atom stereocenters. The van der Waals surface area contributed by atoms with Crippen molar-refractivity contribution in [2.45, 2.75) is 20.9 Å². The Bertz CT molecular complexity index is 829. The Morgan fingerprint density at radius 2 is 2.00 bits per heavy atom. The summed E-state index contributed by atoms with van der Waals surface area (Å²) in [7, 11) is 0. The van der Waals surface area contributed by atoms with Crippen LogP contribution in [0.2, 0.25) is 0 Å². The van der Waals surface area contributed by atoms with Crippen molar-refractivity contribution >= 4 is 45.8 Å². The molecule has 0 aliphatic rings. The number of benzene rings is 1. The highest BCUT2D eigenvalue weighted by Crippen LogP contribution is 2.36. The Morgan fingerprint density at radius 1 is 1.24 bits per heavy atom. The molecule has 0 aliphatic carbocycles. The van der Waals surface area contributed by atoms with Crippen LogP contribution >= 0.6 is 34.9 Å². The Labute approximate surface area is 133 Å². The lowest BCUT2D eigenvalue weighted by molar-refractivity contribution is 0.911. The summed E-state index contributed by atoms with van der Waals surface area (Å²) in [6.45, 7) is 2.00. The van der Waals surface area contributed by atoms with Gasteiger partial charge < -0.3 is 4.98 Å². The average molecular weight is 336 g/mol. The van der Waals surface area contributed by atoms with Crippen LogP contribution < -0.4 is 5.56 Å². The fourth-order valence-electron chi connectivity index (χ4n) is 1.83. The molecule has 108 valence electrons. The highest BCUT2D eigenvalue weighted by atomic mass is 32.2. The number of thioether (sulfide) groups is 2. The molecule has 3 rings (SSSR count). The molecule has 1 aromatic carbocycles. The number of aromatic nitrogens is 4. The van der Waals surface area contributed by atoms with Crippen molar-refractivity contribution in [3.63, 3.8) is 0 Å². The molecule has 8 heteroatoms. The topological polar surface area (TPSA) is 71.5 Å². The highest BCUT2D eigenvalue weighted by Gasteiger charge is 2.15. The van der Waals surface area contributed by atoms with Gasteiger partial charge in [-0.1, -0.05) is 47.0 Å². The Morgan fingerprint density at radius 3 is 2.76 bits per heavy atom. The van der Waals surface area contributed by atoms with Gasteiger partial charge in [0.25, 0.3) is 5.56 Å². The van der Waals surface area contributed by atoms with Crippen molar-refractivity contribution in [2.75, 3.05) is 6.26 Å². The van der Waals surface area contributed by atoms with Gasteiger partial charge in [-0.3, -0.25) is 4.79 Å². The van der Waals surface area contributed by atoms with E-state index in [0.717, 1.165) is 8.68 Å². The van der Waals surface area contributed by atoms with Crippen molar-refractivity contribution < 1.29 is 0 Å². The van der Waals surface area contributed by atoms with Gasteiger partial charge in [0.1, 0.15) is 5.82 Å². The molecule has 5 nitrogen and oxygen atoms in total. The first-order chi connectivity index (χ1) is 10.2. The molecule has 0 fully saturated rings. The van der Waals surface area contributed by atoms with Gasteiger partial charge in [0, 0.05) is 0 Å². The molecule has 1 unspecified atom stereocenters. The van der Waals surface area contributed by atoms with Crippen LogP contribution in [0.3, 0.4) is 0 Å². The predicted octanol–water partition coefficient (Wildman–Crippen LogP) is 3.35. The van der Waals surface area contributed by atoms with Gasteiger partial charge in [-0.15, -0.1) is 10.2 Å². The fourth-order valence-corrected chi connectivity index (χ4v) is 4.47. The predicted molar refractivity (Wildman–Crippen MR) is 88.3 cm³/mol. The maximum absolute atomic E-state index is 12.1. The average Bonchev–Trinajstić information content (AvgIpc) is 2.95. The minimum Gasteiger partial charge on any atom is -0.309 e. The van der Waals surface area contributed by atoms with Gasteiger partial charge in [0.2, 0.25) is 0 Å². The lowest BCUT2D eigenvalue weighted by atomic mass is 10.2. The number of nitrogens with one attached hydrogen (secondary N) is 1. The van der Waals surface area contributed by atoms with E-state index in [2.05, 4.69) is 20.2 Å². The minimum atomic E-state index is -0.106. The maximum atomic E-state index is 12.1. The van der Waals surface area contributed by atoms with Gasteiger partial charge >= 0.3 is 0 Å². The van der Waals surface area contributed by atoms with Gasteiger partial charge in [0.05, 0.1) is 16.2 Å². The normalized spacial score (nSPS) is 12.7. The van der Waals surface area contributed by atoms with Crippen LogP contribution in [0.15, 0.2) is 37.7 Å². The molecule has 0 saturated carbocycles. The number of para-hydroxylation sites is 1. The summed E-state index contributed by atoms with van der Waals surface area (Å²) in [5.74, 6) is 0.657. The molecule has 3 aromatic rings. The summed E-state index contributed by atoms with van der Waals surface area (Å²) < 4.78 is 1.81. The molecular weight excluding hydrogens is 324 g/mol. The van der Waals surface area contributed by atoms with Gasteiger partial charge in [-0.2, -0.15) is 0 Å². The van der Waals surface area contributed by atoms with Crippen molar-refractivity contribution in [3.8, 4) is 0 Å². The number of aromatic amines is 1. The second kappa shape index (κ2) is 6.17. The standard InChI is InChI=1S/C13H12N4OS3/c1-7(20-13-17-16-12(19-2)21-13)10-14-9-6-4-3-5-8(9)11(18)15-10/h3-7H,1-2H3,(H,14,15,18). The van der Waals surface area contributed by atoms with E-state index >= 15 is 0 Å². The number of hydrogen-bond acceptors (Lipinski definition) is 7. The zero-order valence-electron chi connectivity index (χ0n) is 11.4. The first-order valence-corrected chi connectivity index (χ1v) is 9.12. The SMILES string of the molecule is CSc1nnc(SC(C)c2nc3ccccc3c(=O)[nH]2)s1. The van der Waals surface area contributed by atoms with Gasteiger partial charge in [0.15, 0.2) is 8.68 Å². The molecule has 1 N–H and O–H groups in total. The maximum Gasteiger partial charge on any atom is 0.258 e. The largest absolute Gasteiger partial charge is 0.309 e. The van der Waals surface area contributed by atoms with E-state index in [1.807, 2.05) is 31.4 Å². The summed E-state index contributed by atoms with van der Waals surface area (Å²) in [5.41, 5.74) is 0.607. The van der Waals surface area contributed by atoms with Crippen LogP contribution in [0.4, 0.5) is 0 Å². The first-order valence-electron chi connectivity index (χ1n) is 6.20. The van der Waals surface area contributed by atoms with Crippen LogP contribution in [0.5, 0.6) is 0 Å². The summed E-state index contributed by atoms with van der Waals surface area (Å²) in [5, 5.41) is 8.81. The monoisotopic (exact) mass is 336 g/mol. The van der Waals surface area contributed by atoms with Crippen LogP contribution in [0.25, 0.3) is 10.9 Å². The Kier molecular flexibility index (Phi) is 4.27. The van der Waals surface area contributed by atoms with Crippen LogP contribution in [0.1, 0.15) is 18.0 Å². The second-order valence-electron chi connectivity index (χ2n) is 4.27. The van der Waals surface area contributed by atoms with E-state index in [1.165, 1.54) is 0 Å². The third-order valence-corrected chi connectivity index (χ3v) is 5.95. The molecule has 0 amide bonds. The van der Waals surface area contributed by atoms with Gasteiger partial charge in [-0.25, -0.2) is 4.98 Å². The molecule has 0 radical (unpaired) electrons. The molecule has 2 aromatic heterocycles. The molecule has 2 heterocycles. The van der Waals surface area contributed by atoms with Crippen molar-refractivity contribution in [1.82, 2.24) is 20.2 Å². The molecule has 0 aliphatic heterocycles. The molecule has 0 spiro atoms. The number of rotatable bonds is 4. The van der Waals surface area contributed by atoms with Crippen LogP contribution in [0, 0.1) is 0 Å². The van der Waals surface area contributed by atoms with E-state index < -0.39 is 0 Å². The number of H-pyrrole nitrogens is 1. The first kappa shape index (κ1) is 14.6. The van der Waals surface area contributed by atoms with E-state index in [0.29, 0.717) is 16.7 Å². The Hall–Kier alpha value is -1.38. The molecule has 0 saturated heterocycles. The zero-order valence-corrected chi connectivity index (χ0v) is 13.8. The second-order valence-corrected chi connectivity index (χ2v) is 7.89. The lowest BCUT2D eigenvalue weighted by Gasteiger charge is -2.08. The van der Waals surface area contributed by atoms with E-state index in [1.54, 1.807) is 40.9 Å². The van der Waals surface area contributed by atoms with Crippen molar-refractivity contribution in [3.05, 3.63) is 40.4 Å². The minimum absolute atomic E-state index is 0.00459. The molecular formula is C13H12N4OS3. The summed E-state index contributed by atoms with van der Waals surface area (Å²) >= 11 is 4.67. The summed E-state index contributed by atoms with van der Waals surface area (Å²) in [6.07, 6.45) is 1.97. The highest BCUT2D eigenvalue weighted by molar-refractivity contribution is 8.03. The lowest BCUT2D eigenvalue weighted by Crippen LogP contribution is -2.12. The van der Waals surface area contributed by atoms with Crippen LogP contribution in [-0.2, 0) is 0 Å². The third-order valence-electron chi connectivity index (χ3n) is 2.86. The number of nitrogens with zero attached hydrogens (tertiary/aromatic N) is 3. The zero-order chi connectivity index (χ0) is 14.8. The van der Waals surface area contributed by atoms with Crippen molar-refractivity contribution in [1.29, 1.82) is 0 Å². The third kappa shape index (κ3) is 3.12. The number of fused-ring (bicyclic) bond motifs is 1. The molecule has 0 bridgehead atoms. The van der Waals surface area contributed by atoms with E-state index in [-0.39, 0.29) is 10.8 Å². The fraction of sp³-hybridized carbons (Fsp3) is 0.231. The smallest absolute Gasteiger partial charge is 0.258 e. The van der Waals surface area contributed by atoms with Crippen LogP contribution in [-0.4, -0.2) is 26.4 Å². The Balaban J connectivity index is 1.90. The summed E-state index contributed by atoms with van der Waals surface area (Å²) in [4.78, 5) is 19.5. The van der Waals surface area contributed by atoms with E-state index in [9.17, 15) is 4.79 Å². The van der Waals surface area contributed by atoms with Crippen molar-refractivity contribution in [2.24, 2.45) is 0 Å².